The number of hydrogen-bond acceptors (Lipinski definition) is 1. The molecule has 2 aromatic rings. The van der Waals surface area contributed by atoms with E-state index in [-0.39, 0.29) is 5.41 Å². The molecule has 0 radical (unpaired) electrons. The Kier molecular flexibility index (Phi) is 3.09. The summed E-state index contributed by atoms with van der Waals surface area (Å²) >= 11 is 0. The van der Waals surface area contributed by atoms with Gasteiger partial charge in [-0.1, -0.05) is 30.3 Å². The van der Waals surface area contributed by atoms with Crippen LogP contribution in [-0.2, 0) is 5.41 Å². The monoisotopic (exact) mass is 273 g/mol. The summed E-state index contributed by atoms with van der Waals surface area (Å²) in [5, 5.41) is 0. The Morgan fingerprint density at radius 2 is 1.70 bits per heavy atom. The van der Waals surface area contributed by atoms with Crippen LogP contribution in [-0.4, -0.2) is 0 Å². The molecule has 20 heavy (non-hydrogen) atoms. The average Bonchev–Trinajstić information content (AvgIpc) is 3.25. The molecule has 1 fully saturated rings. The van der Waals surface area contributed by atoms with E-state index in [4.69, 9.17) is 5.73 Å². The largest absolute Gasteiger partial charge is 0.323 e. The molecule has 3 heteroatoms. The summed E-state index contributed by atoms with van der Waals surface area (Å²) in [5.74, 6) is -1.08. The fourth-order valence-corrected chi connectivity index (χ4v) is 2.90. The van der Waals surface area contributed by atoms with Crippen molar-refractivity contribution < 1.29 is 8.78 Å². The molecule has 3 rings (SSSR count). The van der Waals surface area contributed by atoms with E-state index in [2.05, 4.69) is 0 Å². The van der Waals surface area contributed by atoms with Crippen LogP contribution in [0.15, 0.2) is 42.5 Å². The Bertz CT molecular complexity index is 633. The molecule has 0 amide bonds. The quantitative estimate of drug-likeness (QED) is 0.898. The zero-order valence-corrected chi connectivity index (χ0v) is 11.4. The number of halogens is 2. The standard InChI is InChI=1S/C17H17F2N/c1-11-9-13(15(19)10-14(11)18)16(20)17(7-8-17)12-5-3-2-4-6-12/h2-6,9-10,16H,7-8,20H2,1H3. The highest BCUT2D eigenvalue weighted by atomic mass is 19.1. The third-order valence-electron chi connectivity index (χ3n) is 4.35. The lowest BCUT2D eigenvalue weighted by Crippen LogP contribution is -2.27. The third kappa shape index (κ3) is 2.02. The van der Waals surface area contributed by atoms with Crippen LogP contribution in [0.1, 0.15) is 35.6 Å². The van der Waals surface area contributed by atoms with Gasteiger partial charge in [-0.05, 0) is 37.0 Å². The Hall–Kier alpha value is -1.74. The first-order valence-electron chi connectivity index (χ1n) is 6.81. The minimum Gasteiger partial charge on any atom is -0.323 e. The van der Waals surface area contributed by atoms with Crippen molar-refractivity contribution >= 4 is 0 Å². The van der Waals surface area contributed by atoms with Crippen LogP contribution in [0, 0.1) is 18.6 Å². The maximum absolute atomic E-state index is 14.0. The minimum atomic E-state index is -0.553. The van der Waals surface area contributed by atoms with Crippen LogP contribution in [0.25, 0.3) is 0 Å². The summed E-state index contributed by atoms with van der Waals surface area (Å²) in [6.07, 6.45) is 1.88. The van der Waals surface area contributed by atoms with Crippen molar-refractivity contribution in [1.82, 2.24) is 0 Å². The van der Waals surface area contributed by atoms with Gasteiger partial charge in [0.1, 0.15) is 11.6 Å². The maximum atomic E-state index is 14.0. The smallest absolute Gasteiger partial charge is 0.130 e. The molecule has 2 aromatic carbocycles. The maximum Gasteiger partial charge on any atom is 0.130 e. The lowest BCUT2D eigenvalue weighted by atomic mass is 9.84. The lowest BCUT2D eigenvalue weighted by molar-refractivity contribution is 0.495. The molecule has 1 unspecified atom stereocenters. The predicted octanol–water partition coefficient (Wildman–Crippen LogP) is 4.00. The van der Waals surface area contributed by atoms with Gasteiger partial charge in [-0.3, -0.25) is 0 Å². The molecular formula is C17H17F2N. The van der Waals surface area contributed by atoms with Crippen molar-refractivity contribution in [3.05, 3.63) is 70.8 Å². The van der Waals surface area contributed by atoms with Gasteiger partial charge < -0.3 is 5.73 Å². The summed E-state index contributed by atoms with van der Waals surface area (Å²) in [5.41, 5.74) is 8.09. The van der Waals surface area contributed by atoms with Crippen LogP contribution >= 0.6 is 0 Å². The molecule has 0 bridgehead atoms. The van der Waals surface area contributed by atoms with E-state index in [0.29, 0.717) is 11.1 Å². The molecule has 0 spiro atoms. The minimum absolute atomic E-state index is 0.202. The third-order valence-corrected chi connectivity index (χ3v) is 4.35. The summed E-state index contributed by atoms with van der Waals surface area (Å²) in [6, 6.07) is 12.0. The molecule has 1 nitrogen and oxygen atoms in total. The van der Waals surface area contributed by atoms with E-state index in [0.717, 1.165) is 24.5 Å². The highest BCUT2D eigenvalue weighted by Crippen LogP contribution is 2.55. The molecule has 1 saturated carbocycles. The van der Waals surface area contributed by atoms with Gasteiger partial charge in [0.25, 0.3) is 0 Å². The van der Waals surface area contributed by atoms with Crippen molar-refractivity contribution in [3.63, 3.8) is 0 Å². The van der Waals surface area contributed by atoms with Crippen LogP contribution in [0.4, 0.5) is 8.78 Å². The van der Waals surface area contributed by atoms with Crippen molar-refractivity contribution in [1.29, 1.82) is 0 Å². The van der Waals surface area contributed by atoms with Crippen molar-refractivity contribution in [2.24, 2.45) is 5.73 Å². The zero-order chi connectivity index (χ0) is 14.3. The molecule has 2 N–H and O–H groups in total. The molecule has 0 aliphatic heterocycles. The topological polar surface area (TPSA) is 26.0 Å². The molecule has 0 heterocycles. The van der Waals surface area contributed by atoms with Gasteiger partial charge in [0.2, 0.25) is 0 Å². The van der Waals surface area contributed by atoms with Crippen molar-refractivity contribution in [2.45, 2.75) is 31.2 Å². The first-order valence-corrected chi connectivity index (χ1v) is 6.81. The summed E-state index contributed by atoms with van der Waals surface area (Å²) in [4.78, 5) is 0. The van der Waals surface area contributed by atoms with Gasteiger partial charge in [-0.25, -0.2) is 8.78 Å². The Morgan fingerprint density at radius 3 is 2.30 bits per heavy atom. The molecule has 0 aromatic heterocycles. The summed E-state index contributed by atoms with van der Waals surface area (Å²) in [7, 11) is 0. The summed E-state index contributed by atoms with van der Waals surface area (Å²) < 4.78 is 27.4. The van der Waals surface area contributed by atoms with E-state index in [1.807, 2.05) is 30.3 Å². The molecule has 1 atom stereocenters. The van der Waals surface area contributed by atoms with Crippen LogP contribution in [0.3, 0.4) is 0 Å². The van der Waals surface area contributed by atoms with E-state index >= 15 is 0 Å². The Labute approximate surface area is 117 Å². The average molecular weight is 273 g/mol. The first kappa shape index (κ1) is 13.3. The lowest BCUT2D eigenvalue weighted by Gasteiger charge is -2.25. The molecular weight excluding hydrogens is 256 g/mol. The van der Waals surface area contributed by atoms with Gasteiger partial charge in [-0.2, -0.15) is 0 Å². The molecule has 0 saturated heterocycles. The second kappa shape index (κ2) is 4.67. The number of hydrogen-bond donors (Lipinski definition) is 1. The van der Waals surface area contributed by atoms with Gasteiger partial charge >= 0.3 is 0 Å². The number of nitrogens with two attached hydrogens (primary N) is 1. The van der Waals surface area contributed by atoms with Crippen molar-refractivity contribution in [3.8, 4) is 0 Å². The molecule has 104 valence electrons. The van der Waals surface area contributed by atoms with Crippen LogP contribution < -0.4 is 5.73 Å². The first-order chi connectivity index (χ1) is 9.54. The Morgan fingerprint density at radius 1 is 1.05 bits per heavy atom. The van der Waals surface area contributed by atoms with Gasteiger partial charge in [-0.15, -0.1) is 0 Å². The predicted molar refractivity (Wildman–Crippen MR) is 75.4 cm³/mol. The zero-order valence-electron chi connectivity index (χ0n) is 11.4. The van der Waals surface area contributed by atoms with E-state index < -0.39 is 17.7 Å². The molecule has 1 aliphatic carbocycles. The normalized spacial score (nSPS) is 17.8. The highest BCUT2D eigenvalue weighted by molar-refractivity contribution is 5.39. The van der Waals surface area contributed by atoms with E-state index in [1.165, 1.54) is 0 Å². The van der Waals surface area contributed by atoms with Crippen molar-refractivity contribution in [2.75, 3.05) is 0 Å². The second-order valence-corrected chi connectivity index (χ2v) is 5.62. The van der Waals surface area contributed by atoms with E-state index in [1.54, 1.807) is 13.0 Å². The van der Waals surface area contributed by atoms with E-state index in [9.17, 15) is 8.78 Å². The van der Waals surface area contributed by atoms with Crippen LogP contribution in [0.2, 0.25) is 0 Å². The summed E-state index contributed by atoms with van der Waals surface area (Å²) in [6.45, 7) is 1.63. The van der Waals surface area contributed by atoms with Gasteiger partial charge in [0.15, 0.2) is 0 Å². The second-order valence-electron chi connectivity index (χ2n) is 5.62. The number of rotatable bonds is 3. The van der Waals surface area contributed by atoms with Crippen LogP contribution in [0.5, 0.6) is 0 Å². The Balaban J connectivity index is 2.01. The fourth-order valence-electron chi connectivity index (χ4n) is 2.90. The highest BCUT2D eigenvalue weighted by Gasteiger charge is 2.50. The van der Waals surface area contributed by atoms with Gasteiger partial charge in [0, 0.05) is 23.1 Å². The molecule has 1 aliphatic rings. The number of benzene rings is 2. The SMILES string of the molecule is Cc1cc(C(N)C2(c3ccccc3)CC2)c(F)cc1F. The number of aryl methyl sites for hydroxylation is 1. The van der Waals surface area contributed by atoms with Gasteiger partial charge in [0.05, 0.1) is 0 Å². The fraction of sp³-hybridized carbons (Fsp3) is 0.294.